The number of hydrogen-bond acceptors (Lipinski definition) is 5. The third-order valence-corrected chi connectivity index (χ3v) is 7.58. The van der Waals surface area contributed by atoms with Gasteiger partial charge >= 0.3 is 6.09 Å². The van der Waals surface area contributed by atoms with Gasteiger partial charge in [0.1, 0.15) is 5.82 Å². The number of carbonyl (C=O) groups is 2. The number of nitrogens with zero attached hydrogens (tertiary/aromatic N) is 5. The van der Waals surface area contributed by atoms with Crippen molar-refractivity contribution < 1.29 is 14.3 Å². The number of rotatable bonds is 3. The van der Waals surface area contributed by atoms with Gasteiger partial charge in [-0.2, -0.15) is 0 Å². The maximum Gasteiger partial charge on any atom is 0.410 e. The Kier molecular flexibility index (Phi) is 4.73. The summed E-state index contributed by atoms with van der Waals surface area (Å²) in [5.41, 5.74) is 2.15. The van der Waals surface area contributed by atoms with Crippen LogP contribution < -0.4 is 0 Å². The number of hydrogen-bond donors (Lipinski definition) is 0. The predicted molar refractivity (Wildman–Crippen MR) is 121 cm³/mol. The molecule has 6 rings (SSSR count). The van der Waals surface area contributed by atoms with Crippen molar-refractivity contribution in [1.29, 1.82) is 0 Å². The summed E-state index contributed by atoms with van der Waals surface area (Å²) in [4.78, 5) is 28.7. The first-order valence-electron chi connectivity index (χ1n) is 11.8. The molecule has 2 aliphatic heterocycles. The Bertz CT molecular complexity index is 1130. The summed E-state index contributed by atoms with van der Waals surface area (Å²) >= 11 is 6.31. The third-order valence-electron chi connectivity index (χ3n) is 7.34. The second-order valence-corrected chi connectivity index (χ2v) is 10.9. The molecule has 0 radical (unpaired) electrons. The Labute approximate surface area is 197 Å². The molecule has 33 heavy (non-hydrogen) atoms. The average Bonchev–Trinajstić information content (AvgIpc) is 3.49. The van der Waals surface area contributed by atoms with Crippen LogP contribution in [0.15, 0.2) is 18.2 Å². The molecule has 2 aliphatic carbocycles. The highest BCUT2D eigenvalue weighted by atomic mass is 35.5. The first-order valence-corrected chi connectivity index (χ1v) is 12.2. The molecule has 1 spiro atoms. The Hall–Kier alpha value is -2.61. The van der Waals surface area contributed by atoms with E-state index in [9.17, 15) is 9.59 Å². The van der Waals surface area contributed by atoms with Crippen LogP contribution in [0.25, 0.3) is 5.69 Å². The van der Waals surface area contributed by atoms with Crippen molar-refractivity contribution in [3.63, 3.8) is 0 Å². The molecule has 174 valence electrons. The van der Waals surface area contributed by atoms with Crippen LogP contribution in [0.2, 0.25) is 5.02 Å². The summed E-state index contributed by atoms with van der Waals surface area (Å²) in [6, 6.07) is 5.76. The van der Waals surface area contributed by atoms with E-state index in [-0.39, 0.29) is 17.6 Å². The molecule has 1 aromatic heterocycles. The highest BCUT2D eigenvalue weighted by molar-refractivity contribution is 6.30. The Morgan fingerprint density at radius 1 is 1.12 bits per heavy atom. The molecule has 2 saturated carbocycles. The van der Waals surface area contributed by atoms with Crippen molar-refractivity contribution >= 4 is 23.6 Å². The van der Waals surface area contributed by atoms with Crippen molar-refractivity contribution in [2.24, 2.45) is 11.3 Å². The molecule has 2 amide bonds. The topological polar surface area (TPSA) is 80.6 Å². The number of carbonyl (C=O) groups excluding carboxylic acids is 2. The standard InChI is InChI=1S/C24H28ClN5O3/c1-14(2)33-23(32)28-10-16-7-18(25)5-6-19(16)30-20(11-28)26-27-21(30)17-8-24(9-17)12-29(13-24)22(31)15-3-4-15/h5-7,14-15,17H,3-4,8-13H2,1-2H3. The average molecular weight is 470 g/mol. The van der Waals surface area contributed by atoms with Crippen molar-refractivity contribution in [3.05, 3.63) is 40.4 Å². The number of fused-ring (bicyclic) bond motifs is 3. The summed E-state index contributed by atoms with van der Waals surface area (Å²) in [5, 5.41) is 9.69. The smallest absolute Gasteiger partial charge is 0.410 e. The quantitative estimate of drug-likeness (QED) is 0.681. The van der Waals surface area contributed by atoms with Crippen LogP contribution in [0.3, 0.4) is 0 Å². The number of aromatic nitrogens is 3. The lowest BCUT2D eigenvalue weighted by Crippen LogP contribution is -2.63. The van der Waals surface area contributed by atoms with E-state index in [1.807, 2.05) is 36.9 Å². The Morgan fingerprint density at radius 2 is 1.88 bits per heavy atom. The zero-order valence-electron chi connectivity index (χ0n) is 19.0. The molecule has 4 aliphatic rings. The maximum atomic E-state index is 12.7. The lowest BCUT2D eigenvalue weighted by Gasteiger charge is -2.58. The van der Waals surface area contributed by atoms with Gasteiger partial charge in [-0.3, -0.25) is 14.3 Å². The van der Waals surface area contributed by atoms with Gasteiger partial charge in [0, 0.05) is 35.4 Å². The Morgan fingerprint density at radius 3 is 2.58 bits per heavy atom. The molecule has 9 heteroatoms. The zero-order valence-corrected chi connectivity index (χ0v) is 19.7. The predicted octanol–water partition coefficient (Wildman–Crippen LogP) is 3.90. The van der Waals surface area contributed by atoms with E-state index in [0.29, 0.717) is 35.9 Å². The summed E-state index contributed by atoms with van der Waals surface area (Å²) in [6.45, 7) is 6.16. The van der Waals surface area contributed by atoms with Gasteiger partial charge in [-0.1, -0.05) is 11.6 Å². The molecule has 0 atom stereocenters. The number of likely N-dealkylation sites (tertiary alicyclic amines) is 1. The monoisotopic (exact) mass is 469 g/mol. The minimum absolute atomic E-state index is 0.201. The van der Waals surface area contributed by atoms with Crippen molar-refractivity contribution in [3.8, 4) is 5.69 Å². The summed E-state index contributed by atoms with van der Waals surface area (Å²) in [7, 11) is 0. The SMILES string of the molecule is CC(C)OC(=O)N1Cc2cc(Cl)ccc2-n2c(nnc2C2CC3(C2)CN(C(=O)C2CC2)C3)C1. The first kappa shape index (κ1) is 21.0. The van der Waals surface area contributed by atoms with Crippen LogP contribution in [-0.4, -0.2) is 55.8 Å². The second kappa shape index (κ2) is 7.45. The fraction of sp³-hybridized carbons (Fsp3) is 0.583. The molecular weight excluding hydrogens is 442 g/mol. The molecule has 1 saturated heterocycles. The highest BCUT2D eigenvalue weighted by Crippen LogP contribution is 2.56. The fourth-order valence-corrected chi connectivity index (χ4v) is 5.82. The van der Waals surface area contributed by atoms with Crippen LogP contribution in [-0.2, 0) is 22.6 Å². The van der Waals surface area contributed by atoms with E-state index in [2.05, 4.69) is 14.8 Å². The van der Waals surface area contributed by atoms with Gasteiger partial charge in [-0.15, -0.1) is 10.2 Å². The normalized spacial score (nSPS) is 21.2. The van der Waals surface area contributed by atoms with E-state index in [4.69, 9.17) is 16.3 Å². The van der Waals surface area contributed by atoms with Gasteiger partial charge in [0.25, 0.3) is 0 Å². The van der Waals surface area contributed by atoms with E-state index in [0.717, 1.165) is 61.7 Å². The van der Waals surface area contributed by atoms with Crippen LogP contribution in [0, 0.1) is 11.3 Å². The molecule has 1 aromatic carbocycles. The van der Waals surface area contributed by atoms with E-state index in [1.165, 1.54) is 0 Å². The van der Waals surface area contributed by atoms with E-state index in [1.54, 1.807) is 4.90 Å². The number of amides is 2. The van der Waals surface area contributed by atoms with E-state index >= 15 is 0 Å². The second-order valence-electron chi connectivity index (χ2n) is 10.4. The molecular formula is C24H28ClN5O3. The number of halogens is 1. The molecule has 0 N–H and O–H groups in total. The van der Waals surface area contributed by atoms with Gasteiger partial charge in [0.2, 0.25) is 5.91 Å². The van der Waals surface area contributed by atoms with Crippen LogP contribution in [0.1, 0.15) is 62.7 Å². The van der Waals surface area contributed by atoms with Gasteiger partial charge in [-0.05, 0) is 63.3 Å². The minimum Gasteiger partial charge on any atom is -0.447 e. The van der Waals surface area contributed by atoms with Crippen molar-refractivity contribution in [1.82, 2.24) is 24.6 Å². The summed E-state index contributed by atoms with van der Waals surface area (Å²) in [6.07, 6.45) is 3.58. The molecule has 0 unspecified atom stereocenters. The number of ether oxygens (including phenoxy) is 1. The largest absolute Gasteiger partial charge is 0.447 e. The summed E-state index contributed by atoms with van der Waals surface area (Å²) in [5.74, 6) is 2.60. The van der Waals surface area contributed by atoms with E-state index < -0.39 is 0 Å². The lowest BCUT2D eigenvalue weighted by atomic mass is 9.57. The van der Waals surface area contributed by atoms with Gasteiger partial charge in [0.05, 0.1) is 24.9 Å². The Balaban J connectivity index is 1.25. The van der Waals surface area contributed by atoms with Crippen LogP contribution >= 0.6 is 11.6 Å². The number of benzene rings is 1. The first-order chi connectivity index (χ1) is 15.8. The van der Waals surface area contributed by atoms with Crippen LogP contribution in [0.4, 0.5) is 4.79 Å². The minimum atomic E-state index is -0.369. The molecule has 3 fully saturated rings. The van der Waals surface area contributed by atoms with Crippen molar-refractivity contribution in [2.75, 3.05) is 13.1 Å². The van der Waals surface area contributed by atoms with Gasteiger partial charge < -0.3 is 9.64 Å². The maximum absolute atomic E-state index is 12.7. The van der Waals surface area contributed by atoms with Crippen LogP contribution in [0.5, 0.6) is 0 Å². The molecule has 0 bridgehead atoms. The molecule has 2 aromatic rings. The zero-order chi connectivity index (χ0) is 22.9. The fourth-order valence-electron chi connectivity index (χ4n) is 5.63. The van der Waals surface area contributed by atoms with Gasteiger partial charge in [-0.25, -0.2) is 4.79 Å². The van der Waals surface area contributed by atoms with Crippen molar-refractivity contribution in [2.45, 2.75) is 64.6 Å². The lowest BCUT2D eigenvalue weighted by molar-refractivity contribution is -0.153. The molecule has 3 heterocycles. The summed E-state index contributed by atoms with van der Waals surface area (Å²) < 4.78 is 7.57. The third kappa shape index (κ3) is 3.59. The molecule has 8 nitrogen and oxygen atoms in total. The van der Waals surface area contributed by atoms with Gasteiger partial charge in [0.15, 0.2) is 5.82 Å². The highest BCUT2D eigenvalue weighted by Gasteiger charge is 2.56.